The molecule has 2 aromatic carbocycles. The first-order chi connectivity index (χ1) is 11.5. The number of hydrogen-bond donors (Lipinski definition) is 2. The lowest BCUT2D eigenvalue weighted by Gasteiger charge is -2.09. The molecule has 0 fully saturated rings. The van der Waals surface area contributed by atoms with Crippen LogP contribution in [0.25, 0.3) is 0 Å². The molecule has 0 heterocycles. The first kappa shape index (κ1) is 17.7. The van der Waals surface area contributed by atoms with E-state index in [1.165, 1.54) is 5.56 Å². The van der Waals surface area contributed by atoms with Crippen LogP contribution in [0.1, 0.15) is 42.0 Å². The van der Waals surface area contributed by atoms with Crippen LogP contribution in [-0.4, -0.2) is 11.8 Å². The minimum Gasteiger partial charge on any atom is -0.344 e. The van der Waals surface area contributed by atoms with Crippen LogP contribution in [0, 0.1) is 6.92 Å². The Morgan fingerprint density at radius 3 is 1.62 bits per heavy atom. The van der Waals surface area contributed by atoms with E-state index >= 15 is 0 Å². The van der Waals surface area contributed by atoms with E-state index in [2.05, 4.69) is 24.5 Å². The molecule has 2 aromatic rings. The number of benzene rings is 2. The maximum Gasteiger partial charge on any atom is 0.309 e. The van der Waals surface area contributed by atoms with Gasteiger partial charge in [0.15, 0.2) is 0 Å². The lowest BCUT2D eigenvalue weighted by atomic mass is 10.0. The summed E-state index contributed by atoms with van der Waals surface area (Å²) in [5.74, 6) is -0.759. The van der Waals surface area contributed by atoms with Crippen molar-refractivity contribution in [3.63, 3.8) is 0 Å². The van der Waals surface area contributed by atoms with Crippen LogP contribution >= 0.6 is 0 Å². The number of hydrogen-bond acceptors (Lipinski definition) is 2. The molecular formula is C20H24N2O2. The van der Waals surface area contributed by atoms with Crippen molar-refractivity contribution in [2.24, 2.45) is 0 Å². The van der Waals surface area contributed by atoms with E-state index in [-0.39, 0.29) is 0 Å². The summed E-state index contributed by atoms with van der Waals surface area (Å²) in [5, 5.41) is 5.27. The summed E-state index contributed by atoms with van der Waals surface area (Å²) < 4.78 is 0. The molecule has 4 heteroatoms. The van der Waals surface area contributed by atoms with E-state index in [1.807, 2.05) is 55.5 Å². The van der Waals surface area contributed by atoms with Crippen LogP contribution in [0.2, 0.25) is 0 Å². The fourth-order valence-corrected chi connectivity index (χ4v) is 2.25. The Labute approximate surface area is 143 Å². The minimum atomic E-state index is -0.616. The lowest BCUT2D eigenvalue weighted by molar-refractivity contribution is -0.139. The quantitative estimate of drug-likeness (QED) is 0.831. The molecule has 2 rings (SSSR count). The number of rotatable bonds is 5. The first-order valence-corrected chi connectivity index (χ1v) is 8.16. The summed E-state index contributed by atoms with van der Waals surface area (Å²) in [4.78, 5) is 23.7. The monoisotopic (exact) mass is 324 g/mol. The van der Waals surface area contributed by atoms with Gasteiger partial charge in [-0.15, -0.1) is 0 Å². The molecule has 2 N–H and O–H groups in total. The smallest absolute Gasteiger partial charge is 0.309 e. The van der Waals surface area contributed by atoms with Gasteiger partial charge in [0, 0.05) is 13.1 Å². The molecule has 0 atom stereocenters. The summed E-state index contributed by atoms with van der Waals surface area (Å²) in [5.41, 5.74) is 4.34. The van der Waals surface area contributed by atoms with Gasteiger partial charge < -0.3 is 10.6 Å². The Morgan fingerprint density at radius 1 is 0.792 bits per heavy atom. The molecule has 0 aliphatic heterocycles. The van der Waals surface area contributed by atoms with Crippen LogP contribution in [0.15, 0.2) is 48.5 Å². The summed E-state index contributed by atoms with van der Waals surface area (Å²) in [6.07, 6.45) is 0. The molecule has 2 amide bonds. The zero-order valence-electron chi connectivity index (χ0n) is 14.4. The Kier molecular flexibility index (Phi) is 6.13. The van der Waals surface area contributed by atoms with Crippen LogP contribution in [0.5, 0.6) is 0 Å². The molecule has 0 unspecified atom stereocenters. The van der Waals surface area contributed by atoms with Gasteiger partial charge in [0.2, 0.25) is 0 Å². The van der Waals surface area contributed by atoms with Crippen molar-refractivity contribution < 1.29 is 9.59 Å². The molecule has 0 saturated heterocycles. The average molecular weight is 324 g/mol. The molecule has 0 aliphatic carbocycles. The van der Waals surface area contributed by atoms with E-state index in [0.717, 1.165) is 16.7 Å². The molecule has 126 valence electrons. The standard InChI is InChI=1S/C20H24N2O2/c1-14(2)18-10-8-17(9-11-18)13-22-20(24)19(23)21-12-16-6-4-15(3)5-7-16/h4-11,14H,12-13H2,1-3H3,(H,21,23)(H,22,24). The Hall–Kier alpha value is -2.62. The number of aryl methyl sites for hydroxylation is 1. The van der Waals surface area contributed by atoms with Crippen molar-refractivity contribution in [2.75, 3.05) is 0 Å². The molecule has 0 saturated carbocycles. The fourth-order valence-electron chi connectivity index (χ4n) is 2.25. The van der Waals surface area contributed by atoms with Gasteiger partial charge in [-0.3, -0.25) is 9.59 Å². The molecule has 0 bridgehead atoms. The largest absolute Gasteiger partial charge is 0.344 e. The van der Waals surface area contributed by atoms with E-state index < -0.39 is 11.8 Å². The summed E-state index contributed by atoms with van der Waals surface area (Å²) in [6.45, 7) is 6.96. The van der Waals surface area contributed by atoms with Crippen LogP contribution in [0.3, 0.4) is 0 Å². The lowest BCUT2D eigenvalue weighted by Crippen LogP contribution is -2.39. The third-order valence-corrected chi connectivity index (χ3v) is 3.88. The van der Waals surface area contributed by atoms with E-state index in [1.54, 1.807) is 0 Å². The molecule has 24 heavy (non-hydrogen) atoms. The highest BCUT2D eigenvalue weighted by molar-refractivity contribution is 6.35. The molecule has 0 aromatic heterocycles. The van der Waals surface area contributed by atoms with Gasteiger partial charge in [0.25, 0.3) is 0 Å². The van der Waals surface area contributed by atoms with Crippen LogP contribution in [0.4, 0.5) is 0 Å². The van der Waals surface area contributed by atoms with Crippen molar-refractivity contribution in [1.29, 1.82) is 0 Å². The first-order valence-electron chi connectivity index (χ1n) is 8.16. The second-order valence-electron chi connectivity index (χ2n) is 6.25. The van der Waals surface area contributed by atoms with Crippen molar-refractivity contribution in [2.45, 2.75) is 39.8 Å². The van der Waals surface area contributed by atoms with E-state index in [4.69, 9.17) is 0 Å². The van der Waals surface area contributed by atoms with Gasteiger partial charge in [0.1, 0.15) is 0 Å². The summed E-state index contributed by atoms with van der Waals surface area (Å²) in [7, 11) is 0. The molecule has 0 spiro atoms. The maximum atomic E-state index is 11.8. The van der Waals surface area contributed by atoms with Crippen LogP contribution in [-0.2, 0) is 22.7 Å². The van der Waals surface area contributed by atoms with Gasteiger partial charge in [-0.2, -0.15) is 0 Å². The Morgan fingerprint density at radius 2 is 1.21 bits per heavy atom. The second kappa shape index (κ2) is 8.29. The minimum absolute atomic E-state index is 0.342. The number of nitrogens with one attached hydrogen (secondary N) is 2. The number of carbonyl (C=O) groups is 2. The van der Waals surface area contributed by atoms with Gasteiger partial charge in [-0.05, 0) is 29.5 Å². The third kappa shape index (κ3) is 5.23. The Bertz CT molecular complexity index is 689. The predicted molar refractivity (Wildman–Crippen MR) is 95.4 cm³/mol. The highest BCUT2D eigenvalue weighted by Crippen LogP contribution is 2.14. The predicted octanol–water partition coefficient (Wildman–Crippen LogP) is 3.05. The summed E-state index contributed by atoms with van der Waals surface area (Å²) in [6, 6.07) is 15.9. The highest BCUT2D eigenvalue weighted by atomic mass is 16.2. The van der Waals surface area contributed by atoms with Crippen molar-refractivity contribution >= 4 is 11.8 Å². The topological polar surface area (TPSA) is 58.2 Å². The third-order valence-electron chi connectivity index (χ3n) is 3.88. The highest BCUT2D eigenvalue weighted by Gasteiger charge is 2.12. The zero-order chi connectivity index (χ0) is 17.5. The van der Waals surface area contributed by atoms with Gasteiger partial charge in [-0.1, -0.05) is 67.9 Å². The van der Waals surface area contributed by atoms with Crippen molar-refractivity contribution in [3.05, 3.63) is 70.8 Å². The zero-order valence-corrected chi connectivity index (χ0v) is 14.4. The van der Waals surface area contributed by atoms with Crippen molar-refractivity contribution in [1.82, 2.24) is 10.6 Å². The van der Waals surface area contributed by atoms with Gasteiger partial charge in [0.05, 0.1) is 0 Å². The van der Waals surface area contributed by atoms with Gasteiger partial charge in [-0.25, -0.2) is 0 Å². The number of carbonyl (C=O) groups excluding carboxylic acids is 2. The molecule has 4 nitrogen and oxygen atoms in total. The normalized spacial score (nSPS) is 10.5. The van der Waals surface area contributed by atoms with Gasteiger partial charge >= 0.3 is 11.8 Å². The van der Waals surface area contributed by atoms with Crippen molar-refractivity contribution in [3.8, 4) is 0 Å². The fraction of sp³-hybridized carbons (Fsp3) is 0.300. The van der Waals surface area contributed by atoms with E-state index in [9.17, 15) is 9.59 Å². The molecule has 0 radical (unpaired) electrons. The molecular weight excluding hydrogens is 300 g/mol. The summed E-state index contributed by atoms with van der Waals surface area (Å²) >= 11 is 0. The average Bonchev–Trinajstić information content (AvgIpc) is 2.59. The van der Waals surface area contributed by atoms with Crippen LogP contribution < -0.4 is 10.6 Å². The SMILES string of the molecule is Cc1ccc(CNC(=O)C(=O)NCc2ccc(C(C)C)cc2)cc1. The Balaban J connectivity index is 1.78. The van der Waals surface area contributed by atoms with E-state index in [0.29, 0.717) is 19.0 Å². The second-order valence-corrected chi connectivity index (χ2v) is 6.25. The number of amides is 2. The molecule has 0 aliphatic rings. The maximum absolute atomic E-state index is 11.8.